The van der Waals surface area contributed by atoms with Gasteiger partial charge < -0.3 is 10.2 Å². The standard InChI is InChI=1S/C13H22N2OS/c1-3-12-9-15(4-5-17-12)8-11-6-10(2)13(7-14)16-11/h6,12H,3-5,7-9,14H2,1-2H3. The summed E-state index contributed by atoms with van der Waals surface area (Å²) in [4.78, 5) is 2.49. The Morgan fingerprint density at radius 2 is 2.41 bits per heavy atom. The molecule has 1 aliphatic rings. The Hall–Kier alpha value is -0.450. The molecule has 1 unspecified atom stereocenters. The fourth-order valence-electron chi connectivity index (χ4n) is 2.26. The predicted octanol–water partition coefficient (Wildman–Crippen LogP) is 2.37. The van der Waals surface area contributed by atoms with E-state index in [1.807, 2.05) is 0 Å². The van der Waals surface area contributed by atoms with Crippen molar-refractivity contribution in [2.45, 2.75) is 38.6 Å². The number of hydrogen-bond acceptors (Lipinski definition) is 4. The molecule has 0 saturated carbocycles. The van der Waals surface area contributed by atoms with Gasteiger partial charge in [-0.25, -0.2) is 0 Å². The van der Waals surface area contributed by atoms with Gasteiger partial charge in [0.25, 0.3) is 0 Å². The van der Waals surface area contributed by atoms with Crippen LogP contribution in [0.4, 0.5) is 0 Å². The molecule has 0 bridgehead atoms. The molecule has 0 spiro atoms. The van der Waals surface area contributed by atoms with E-state index in [2.05, 4.69) is 36.6 Å². The maximum Gasteiger partial charge on any atom is 0.120 e. The van der Waals surface area contributed by atoms with E-state index >= 15 is 0 Å². The van der Waals surface area contributed by atoms with Crippen LogP contribution in [-0.4, -0.2) is 29.0 Å². The SMILES string of the molecule is CCC1CN(Cc2cc(C)c(CN)o2)CCS1. The molecule has 96 valence electrons. The quantitative estimate of drug-likeness (QED) is 0.896. The van der Waals surface area contributed by atoms with Gasteiger partial charge in [-0.05, 0) is 25.0 Å². The van der Waals surface area contributed by atoms with E-state index in [4.69, 9.17) is 10.2 Å². The van der Waals surface area contributed by atoms with Gasteiger partial charge in [-0.15, -0.1) is 0 Å². The monoisotopic (exact) mass is 254 g/mol. The highest BCUT2D eigenvalue weighted by Gasteiger charge is 2.20. The van der Waals surface area contributed by atoms with E-state index in [0.717, 1.165) is 23.3 Å². The summed E-state index contributed by atoms with van der Waals surface area (Å²) in [6, 6.07) is 2.13. The molecule has 0 aliphatic carbocycles. The van der Waals surface area contributed by atoms with Gasteiger partial charge in [-0.2, -0.15) is 11.8 Å². The highest BCUT2D eigenvalue weighted by molar-refractivity contribution is 8.00. The van der Waals surface area contributed by atoms with Crippen LogP contribution in [0.15, 0.2) is 10.5 Å². The second-order valence-corrected chi connectivity index (χ2v) is 6.07. The van der Waals surface area contributed by atoms with Crippen molar-refractivity contribution >= 4 is 11.8 Å². The van der Waals surface area contributed by atoms with Gasteiger partial charge in [0.1, 0.15) is 11.5 Å². The number of rotatable bonds is 4. The van der Waals surface area contributed by atoms with Crippen LogP contribution in [0.25, 0.3) is 0 Å². The van der Waals surface area contributed by atoms with E-state index in [0.29, 0.717) is 6.54 Å². The van der Waals surface area contributed by atoms with Crippen molar-refractivity contribution in [3.8, 4) is 0 Å². The van der Waals surface area contributed by atoms with Crippen LogP contribution in [0.3, 0.4) is 0 Å². The zero-order valence-electron chi connectivity index (χ0n) is 10.7. The molecule has 2 heterocycles. The fraction of sp³-hybridized carbons (Fsp3) is 0.692. The zero-order chi connectivity index (χ0) is 12.3. The minimum absolute atomic E-state index is 0.499. The van der Waals surface area contributed by atoms with Gasteiger partial charge in [0.05, 0.1) is 13.1 Å². The number of furan rings is 1. The molecule has 17 heavy (non-hydrogen) atoms. The number of hydrogen-bond donors (Lipinski definition) is 1. The van der Waals surface area contributed by atoms with Crippen molar-refractivity contribution in [3.63, 3.8) is 0 Å². The first-order valence-electron chi connectivity index (χ1n) is 6.35. The van der Waals surface area contributed by atoms with Crippen molar-refractivity contribution in [3.05, 3.63) is 23.2 Å². The van der Waals surface area contributed by atoms with E-state index in [9.17, 15) is 0 Å². The number of nitrogens with two attached hydrogens (primary N) is 1. The Balaban J connectivity index is 1.95. The molecule has 0 aromatic carbocycles. The first-order chi connectivity index (χ1) is 8.22. The van der Waals surface area contributed by atoms with E-state index in [1.54, 1.807) is 0 Å². The lowest BCUT2D eigenvalue weighted by Crippen LogP contribution is -2.36. The Morgan fingerprint density at radius 1 is 1.59 bits per heavy atom. The molecular formula is C13H22N2OS. The van der Waals surface area contributed by atoms with Crippen LogP contribution < -0.4 is 5.73 Å². The summed E-state index contributed by atoms with van der Waals surface area (Å²) in [5.41, 5.74) is 6.81. The first-order valence-corrected chi connectivity index (χ1v) is 7.40. The third-order valence-electron chi connectivity index (χ3n) is 3.31. The largest absolute Gasteiger partial charge is 0.463 e. The van der Waals surface area contributed by atoms with E-state index in [-0.39, 0.29) is 0 Å². The lowest BCUT2D eigenvalue weighted by molar-refractivity contribution is 0.248. The van der Waals surface area contributed by atoms with Crippen LogP contribution in [0, 0.1) is 6.92 Å². The molecular weight excluding hydrogens is 232 g/mol. The molecule has 1 fully saturated rings. The molecule has 1 saturated heterocycles. The molecule has 4 heteroatoms. The van der Waals surface area contributed by atoms with Crippen molar-refractivity contribution < 1.29 is 4.42 Å². The molecule has 1 aromatic rings. The van der Waals surface area contributed by atoms with Crippen LogP contribution in [0.2, 0.25) is 0 Å². The summed E-state index contributed by atoms with van der Waals surface area (Å²) in [7, 11) is 0. The van der Waals surface area contributed by atoms with Crippen LogP contribution in [0.1, 0.15) is 30.4 Å². The molecule has 3 nitrogen and oxygen atoms in total. The lowest BCUT2D eigenvalue weighted by Gasteiger charge is -2.31. The van der Waals surface area contributed by atoms with E-state index < -0.39 is 0 Å². The predicted molar refractivity (Wildman–Crippen MR) is 73.2 cm³/mol. The Morgan fingerprint density at radius 3 is 3.06 bits per heavy atom. The normalized spacial score (nSPS) is 21.9. The maximum absolute atomic E-state index is 5.76. The summed E-state index contributed by atoms with van der Waals surface area (Å²) in [5, 5.41) is 0.786. The summed E-state index contributed by atoms with van der Waals surface area (Å²) >= 11 is 2.10. The summed E-state index contributed by atoms with van der Waals surface area (Å²) < 4.78 is 5.76. The molecule has 2 N–H and O–H groups in total. The topological polar surface area (TPSA) is 42.4 Å². The fourth-order valence-corrected chi connectivity index (χ4v) is 3.51. The molecule has 0 amide bonds. The van der Waals surface area contributed by atoms with Gasteiger partial charge in [-0.3, -0.25) is 4.90 Å². The third kappa shape index (κ3) is 3.27. The lowest BCUT2D eigenvalue weighted by atomic mass is 10.2. The van der Waals surface area contributed by atoms with Gasteiger partial charge >= 0.3 is 0 Å². The average molecular weight is 254 g/mol. The first kappa shape index (κ1) is 13.0. The zero-order valence-corrected chi connectivity index (χ0v) is 11.6. The Labute approximate surface area is 108 Å². The average Bonchev–Trinajstić information content (AvgIpc) is 2.69. The van der Waals surface area contributed by atoms with E-state index in [1.165, 1.54) is 30.8 Å². The van der Waals surface area contributed by atoms with Crippen molar-refractivity contribution in [2.24, 2.45) is 5.73 Å². The summed E-state index contributed by atoms with van der Waals surface area (Å²) in [5.74, 6) is 3.23. The highest BCUT2D eigenvalue weighted by Crippen LogP contribution is 2.23. The second kappa shape index (κ2) is 5.94. The number of thioether (sulfide) groups is 1. The van der Waals surface area contributed by atoms with Crippen LogP contribution >= 0.6 is 11.8 Å². The van der Waals surface area contributed by atoms with Crippen molar-refractivity contribution in [1.82, 2.24) is 4.90 Å². The maximum atomic E-state index is 5.76. The smallest absolute Gasteiger partial charge is 0.120 e. The summed E-state index contributed by atoms with van der Waals surface area (Å²) in [6.45, 7) is 8.11. The van der Waals surface area contributed by atoms with Crippen molar-refractivity contribution in [2.75, 3.05) is 18.8 Å². The number of nitrogens with zero attached hydrogens (tertiary/aromatic N) is 1. The molecule has 0 radical (unpaired) electrons. The number of aryl methyl sites for hydroxylation is 1. The molecule has 1 atom stereocenters. The van der Waals surface area contributed by atoms with Gasteiger partial charge in [0, 0.05) is 24.1 Å². The highest BCUT2D eigenvalue weighted by atomic mass is 32.2. The summed E-state index contributed by atoms with van der Waals surface area (Å²) in [6.07, 6.45) is 1.26. The van der Waals surface area contributed by atoms with Gasteiger partial charge in [0.2, 0.25) is 0 Å². The van der Waals surface area contributed by atoms with Gasteiger partial charge in [-0.1, -0.05) is 6.92 Å². The molecule has 2 rings (SSSR count). The second-order valence-electron chi connectivity index (χ2n) is 4.66. The Kier molecular flexibility index (Phi) is 4.54. The van der Waals surface area contributed by atoms with Gasteiger partial charge in [0.15, 0.2) is 0 Å². The Bertz CT molecular complexity index is 364. The molecule has 1 aliphatic heterocycles. The minimum Gasteiger partial charge on any atom is -0.463 e. The third-order valence-corrected chi connectivity index (χ3v) is 4.69. The van der Waals surface area contributed by atoms with Crippen LogP contribution in [-0.2, 0) is 13.1 Å². The minimum atomic E-state index is 0.499. The van der Waals surface area contributed by atoms with Crippen LogP contribution in [0.5, 0.6) is 0 Å². The molecule has 1 aromatic heterocycles. The van der Waals surface area contributed by atoms with Crippen molar-refractivity contribution in [1.29, 1.82) is 0 Å².